The lowest BCUT2D eigenvalue weighted by atomic mass is 10.2. The maximum Gasteiger partial charge on any atom is 0.411 e. The number of hydrogen-bond acceptors (Lipinski definition) is 7. The fraction of sp³-hybridized carbons (Fsp3) is 0.190. The molecule has 2 amide bonds. The summed E-state index contributed by atoms with van der Waals surface area (Å²) in [6.07, 6.45) is -0.598. The lowest BCUT2D eigenvalue weighted by Crippen LogP contribution is -2.17. The number of ether oxygens (including phenoxy) is 3. The van der Waals surface area contributed by atoms with Gasteiger partial charge in [0.25, 0.3) is 5.91 Å². The number of amides is 2. The molecule has 0 saturated heterocycles. The first kappa shape index (κ1) is 21.3. The van der Waals surface area contributed by atoms with Gasteiger partial charge in [-0.3, -0.25) is 10.1 Å². The fourth-order valence-electron chi connectivity index (χ4n) is 2.49. The number of hydrogen-bond donors (Lipinski definition) is 2. The van der Waals surface area contributed by atoms with Crippen LogP contribution in [0.15, 0.2) is 53.9 Å². The molecule has 1 heterocycles. The summed E-state index contributed by atoms with van der Waals surface area (Å²) in [7, 11) is 3.13. The molecular formula is C21H21N3O5S. The molecule has 0 radical (unpaired) electrons. The molecule has 0 fully saturated rings. The number of rotatable bonds is 8. The van der Waals surface area contributed by atoms with Crippen LogP contribution in [-0.4, -0.2) is 44.4 Å². The van der Waals surface area contributed by atoms with E-state index in [2.05, 4.69) is 15.6 Å². The van der Waals surface area contributed by atoms with E-state index < -0.39 is 6.09 Å². The fourth-order valence-corrected chi connectivity index (χ4v) is 3.29. The van der Waals surface area contributed by atoms with Gasteiger partial charge in [0.15, 0.2) is 0 Å². The van der Waals surface area contributed by atoms with Crippen molar-refractivity contribution in [3.63, 3.8) is 0 Å². The van der Waals surface area contributed by atoms with Crippen molar-refractivity contribution in [3.05, 3.63) is 59.6 Å². The Kier molecular flexibility index (Phi) is 7.36. The van der Waals surface area contributed by atoms with Crippen molar-refractivity contribution < 1.29 is 23.8 Å². The second kappa shape index (κ2) is 10.4. The van der Waals surface area contributed by atoms with Crippen molar-refractivity contribution in [1.82, 2.24) is 4.98 Å². The summed E-state index contributed by atoms with van der Waals surface area (Å²) in [6.45, 7) is 0.467. The van der Waals surface area contributed by atoms with E-state index in [0.29, 0.717) is 23.7 Å². The Labute approximate surface area is 177 Å². The number of aromatic nitrogens is 1. The Morgan fingerprint density at radius 3 is 2.43 bits per heavy atom. The molecule has 0 aliphatic heterocycles. The van der Waals surface area contributed by atoms with Crippen LogP contribution in [0.5, 0.6) is 5.75 Å². The van der Waals surface area contributed by atoms with E-state index in [0.717, 1.165) is 16.3 Å². The van der Waals surface area contributed by atoms with Crippen molar-refractivity contribution in [2.75, 3.05) is 38.1 Å². The summed E-state index contributed by atoms with van der Waals surface area (Å²) in [4.78, 5) is 28.7. The van der Waals surface area contributed by atoms with Crippen LogP contribution in [-0.2, 0) is 9.47 Å². The molecular weight excluding hydrogens is 406 g/mol. The van der Waals surface area contributed by atoms with Crippen molar-refractivity contribution in [3.8, 4) is 16.3 Å². The van der Waals surface area contributed by atoms with E-state index in [9.17, 15) is 9.59 Å². The second-order valence-corrected chi connectivity index (χ2v) is 6.91. The molecule has 0 saturated carbocycles. The molecule has 3 aromatic rings. The molecule has 1 aromatic heterocycles. The van der Waals surface area contributed by atoms with Crippen LogP contribution in [0.3, 0.4) is 0 Å². The van der Waals surface area contributed by atoms with E-state index in [-0.39, 0.29) is 12.5 Å². The number of nitrogens with zero attached hydrogens (tertiary/aromatic N) is 1. The highest BCUT2D eigenvalue weighted by Gasteiger charge is 2.13. The molecule has 3 rings (SSSR count). The lowest BCUT2D eigenvalue weighted by molar-refractivity contribution is 0.102. The molecule has 0 spiro atoms. The monoisotopic (exact) mass is 427 g/mol. The highest BCUT2D eigenvalue weighted by atomic mass is 32.1. The highest BCUT2D eigenvalue weighted by Crippen LogP contribution is 2.26. The first-order valence-electron chi connectivity index (χ1n) is 9.03. The summed E-state index contributed by atoms with van der Waals surface area (Å²) in [6, 6.07) is 14.2. The number of anilines is 2. The first-order chi connectivity index (χ1) is 14.6. The normalized spacial score (nSPS) is 10.3. The van der Waals surface area contributed by atoms with Crippen LogP contribution in [0.2, 0.25) is 0 Å². The summed E-state index contributed by atoms with van der Waals surface area (Å²) < 4.78 is 14.9. The molecule has 0 atom stereocenters. The maximum absolute atomic E-state index is 12.6. The van der Waals surface area contributed by atoms with Crippen LogP contribution in [0.1, 0.15) is 10.5 Å². The number of thiazole rings is 1. The molecule has 0 bridgehead atoms. The molecule has 9 heteroatoms. The standard InChI is InChI=1S/C21H21N3O5S/c1-27-10-11-29-21(26)23-16-5-3-4-15(12-16)22-19(25)18-13-30-20(24-18)14-6-8-17(28-2)9-7-14/h3-9,12-13H,10-11H2,1-2H3,(H,22,25)(H,23,26). The van der Waals surface area contributed by atoms with Gasteiger partial charge in [0.05, 0.1) is 13.7 Å². The number of methoxy groups -OCH3 is 2. The van der Waals surface area contributed by atoms with Gasteiger partial charge in [0.2, 0.25) is 0 Å². The minimum Gasteiger partial charge on any atom is -0.497 e. The van der Waals surface area contributed by atoms with Crippen molar-refractivity contribution in [1.29, 1.82) is 0 Å². The number of benzene rings is 2. The van der Waals surface area contributed by atoms with Crippen molar-refractivity contribution >= 4 is 34.7 Å². The zero-order valence-electron chi connectivity index (χ0n) is 16.5. The first-order valence-corrected chi connectivity index (χ1v) is 9.91. The predicted molar refractivity (Wildman–Crippen MR) is 115 cm³/mol. The molecule has 2 N–H and O–H groups in total. The van der Waals surface area contributed by atoms with Gasteiger partial charge in [-0.15, -0.1) is 11.3 Å². The van der Waals surface area contributed by atoms with Crippen LogP contribution >= 0.6 is 11.3 Å². The third-order valence-electron chi connectivity index (χ3n) is 3.96. The van der Waals surface area contributed by atoms with Gasteiger partial charge in [-0.2, -0.15) is 0 Å². The van der Waals surface area contributed by atoms with E-state index in [1.807, 2.05) is 24.3 Å². The number of carbonyl (C=O) groups excluding carboxylic acids is 2. The van der Waals surface area contributed by atoms with Gasteiger partial charge in [-0.25, -0.2) is 9.78 Å². The average Bonchev–Trinajstić information content (AvgIpc) is 3.25. The Balaban J connectivity index is 1.62. The Hall–Kier alpha value is -3.43. The van der Waals surface area contributed by atoms with E-state index in [1.54, 1.807) is 36.8 Å². The van der Waals surface area contributed by atoms with Crippen molar-refractivity contribution in [2.45, 2.75) is 0 Å². The minimum absolute atomic E-state index is 0.152. The zero-order valence-corrected chi connectivity index (χ0v) is 17.3. The third kappa shape index (κ3) is 5.79. The van der Waals surface area contributed by atoms with Crippen LogP contribution < -0.4 is 15.4 Å². The Morgan fingerprint density at radius 2 is 1.73 bits per heavy atom. The Morgan fingerprint density at radius 1 is 1.00 bits per heavy atom. The third-order valence-corrected chi connectivity index (χ3v) is 4.85. The largest absolute Gasteiger partial charge is 0.497 e. The average molecular weight is 427 g/mol. The molecule has 156 valence electrons. The van der Waals surface area contributed by atoms with Gasteiger partial charge >= 0.3 is 6.09 Å². The van der Waals surface area contributed by atoms with Gasteiger partial charge in [-0.1, -0.05) is 6.07 Å². The van der Waals surface area contributed by atoms with Gasteiger partial charge < -0.3 is 19.5 Å². The van der Waals surface area contributed by atoms with Crippen molar-refractivity contribution in [2.24, 2.45) is 0 Å². The molecule has 2 aromatic carbocycles. The van der Waals surface area contributed by atoms with Gasteiger partial charge in [-0.05, 0) is 42.5 Å². The summed E-state index contributed by atoms with van der Waals surface area (Å²) in [5, 5.41) is 7.81. The molecule has 0 unspecified atom stereocenters. The van der Waals surface area contributed by atoms with Crippen LogP contribution in [0.4, 0.5) is 16.2 Å². The van der Waals surface area contributed by atoms with Crippen LogP contribution in [0, 0.1) is 0 Å². The zero-order chi connectivity index (χ0) is 21.3. The molecule has 8 nitrogen and oxygen atoms in total. The number of nitrogens with one attached hydrogen (secondary N) is 2. The highest BCUT2D eigenvalue weighted by molar-refractivity contribution is 7.13. The Bertz CT molecular complexity index is 1000. The van der Waals surface area contributed by atoms with Gasteiger partial charge in [0, 0.05) is 29.4 Å². The molecule has 0 aliphatic rings. The maximum atomic E-state index is 12.6. The summed E-state index contributed by atoms with van der Waals surface area (Å²) in [5.41, 5.74) is 2.22. The lowest BCUT2D eigenvalue weighted by Gasteiger charge is -2.09. The molecule has 30 heavy (non-hydrogen) atoms. The SMILES string of the molecule is COCCOC(=O)Nc1cccc(NC(=O)c2csc(-c3ccc(OC)cc3)n2)c1. The summed E-state index contributed by atoms with van der Waals surface area (Å²) in [5.74, 6) is 0.412. The molecule has 0 aliphatic carbocycles. The predicted octanol–water partition coefficient (Wildman–Crippen LogP) is 4.27. The van der Waals surface area contributed by atoms with E-state index in [4.69, 9.17) is 14.2 Å². The van der Waals surface area contributed by atoms with Gasteiger partial charge in [0.1, 0.15) is 23.1 Å². The van der Waals surface area contributed by atoms with E-state index >= 15 is 0 Å². The smallest absolute Gasteiger partial charge is 0.411 e. The topological polar surface area (TPSA) is 98.8 Å². The van der Waals surface area contributed by atoms with E-state index in [1.165, 1.54) is 18.4 Å². The second-order valence-electron chi connectivity index (χ2n) is 6.06. The summed E-state index contributed by atoms with van der Waals surface area (Å²) >= 11 is 1.38. The quantitative estimate of drug-likeness (QED) is 0.521. The minimum atomic E-state index is -0.598. The van der Waals surface area contributed by atoms with Crippen LogP contribution in [0.25, 0.3) is 10.6 Å². The number of carbonyl (C=O) groups is 2.